The molecule has 2 saturated heterocycles. The third kappa shape index (κ3) is 4.56. The minimum absolute atomic E-state index is 0.0147. The van der Waals surface area contributed by atoms with Gasteiger partial charge in [0.15, 0.2) is 0 Å². The van der Waals surface area contributed by atoms with Crippen LogP contribution >= 0.6 is 0 Å². The number of aromatic nitrogens is 2. The number of carbonyl (C=O) groups excluding carboxylic acids is 2. The molecule has 4 rings (SSSR count). The van der Waals surface area contributed by atoms with Crippen LogP contribution in [0.1, 0.15) is 44.3 Å². The van der Waals surface area contributed by atoms with Crippen LogP contribution in [0.25, 0.3) is 0 Å². The molecule has 1 aromatic heterocycles. The maximum absolute atomic E-state index is 13.3. The molecule has 2 amide bonds. The second-order valence-corrected chi connectivity index (χ2v) is 8.12. The van der Waals surface area contributed by atoms with Crippen LogP contribution in [0.15, 0.2) is 42.7 Å². The second-order valence-electron chi connectivity index (χ2n) is 8.12. The van der Waals surface area contributed by atoms with Gasteiger partial charge in [-0.05, 0) is 38.2 Å². The largest absolute Gasteiger partial charge is 0.373 e. The van der Waals surface area contributed by atoms with Crippen molar-refractivity contribution >= 4 is 17.5 Å². The summed E-state index contributed by atoms with van der Waals surface area (Å²) in [5, 5.41) is 7.15. The maximum atomic E-state index is 13.3. The van der Waals surface area contributed by atoms with Crippen LogP contribution in [0.2, 0.25) is 0 Å². The van der Waals surface area contributed by atoms with Crippen molar-refractivity contribution in [1.82, 2.24) is 14.7 Å². The monoisotopic (exact) mass is 410 g/mol. The number of ether oxygens (including phenoxy) is 1. The van der Waals surface area contributed by atoms with Crippen LogP contribution < -0.4 is 5.32 Å². The van der Waals surface area contributed by atoms with Gasteiger partial charge in [0.1, 0.15) is 0 Å². The fraction of sp³-hybridized carbons (Fsp3) is 0.522. The molecule has 7 nitrogen and oxygen atoms in total. The van der Waals surface area contributed by atoms with Gasteiger partial charge in [0.25, 0.3) is 0 Å². The van der Waals surface area contributed by atoms with E-state index in [-0.39, 0.29) is 29.8 Å². The number of hydrogen-bond donors (Lipinski definition) is 1. The zero-order valence-corrected chi connectivity index (χ0v) is 17.5. The van der Waals surface area contributed by atoms with Crippen LogP contribution in [-0.4, -0.2) is 46.2 Å². The molecular formula is C23H30N4O3. The van der Waals surface area contributed by atoms with Crippen molar-refractivity contribution in [3.63, 3.8) is 0 Å². The van der Waals surface area contributed by atoms with Crippen molar-refractivity contribution in [3.8, 4) is 0 Å². The number of amides is 2. The number of anilines is 1. The quantitative estimate of drug-likeness (QED) is 0.821. The van der Waals surface area contributed by atoms with Crippen molar-refractivity contribution < 1.29 is 14.3 Å². The third-order valence-electron chi connectivity index (χ3n) is 6.17. The van der Waals surface area contributed by atoms with E-state index in [9.17, 15) is 9.59 Å². The molecule has 0 spiro atoms. The molecule has 30 heavy (non-hydrogen) atoms. The molecule has 2 aliphatic heterocycles. The molecule has 7 heteroatoms. The van der Waals surface area contributed by atoms with Crippen LogP contribution in [0.4, 0.5) is 5.69 Å². The van der Waals surface area contributed by atoms with Gasteiger partial charge < -0.3 is 15.0 Å². The van der Waals surface area contributed by atoms with E-state index < -0.39 is 0 Å². The first-order chi connectivity index (χ1) is 14.7. The average molecular weight is 411 g/mol. The Labute approximate surface area is 177 Å². The normalized spacial score (nSPS) is 22.6. The summed E-state index contributed by atoms with van der Waals surface area (Å²) in [6, 6.07) is 10.0. The molecule has 0 radical (unpaired) electrons. The lowest BCUT2D eigenvalue weighted by molar-refractivity contribution is -0.147. The lowest BCUT2D eigenvalue weighted by Gasteiger charge is -2.37. The number of nitrogens with one attached hydrogen (secondary N) is 1. The molecule has 2 aromatic rings. The van der Waals surface area contributed by atoms with E-state index in [2.05, 4.69) is 10.4 Å². The number of hydrogen-bond acceptors (Lipinski definition) is 4. The van der Waals surface area contributed by atoms with Crippen molar-refractivity contribution in [2.75, 3.05) is 25.0 Å². The van der Waals surface area contributed by atoms with Gasteiger partial charge in [-0.25, -0.2) is 0 Å². The highest BCUT2D eigenvalue weighted by Crippen LogP contribution is 2.35. The summed E-state index contributed by atoms with van der Waals surface area (Å²) in [7, 11) is 0. The first-order valence-corrected chi connectivity index (χ1v) is 10.9. The molecule has 0 saturated carbocycles. The predicted molar refractivity (Wildman–Crippen MR) is 114 cm³/mol. The zero-order chi connectivity index (χ0) is 20.9. The summed E-state index contributed by atoms with van der Waals surface area (Å²) >= 11 is 0. The molecule has 0 bridgehead atoms. The standard InChI is InChI=1S/C23H30N4O3/c1-2-27-16-19(15-24-27)25-22(28)18-10-12-26(13-11-18)23(29)20-9-6-14-30-21(20)17-7-4-3-5-8-17/h3-5,7-8,15-16,18,20-21H,2,6,9-14H2,1H3,(H,25,28). The summed E-state index contributed by atoms with van der Waals surface area (Å²) in [4.78, 5) is 27.8. The smallest absolute Gasteiger partial charge is 0.228 e. The topological polar surface area (TPSA) is 76.5 Å². The van der Waals surface area contributed by atoms with Gasteiger partial charge in [-0.1, -0.05) is 30.3 Å². The SMILES string of the molecule is CCn1cc(NC(=O)C2CCN(C(=O)C3CCCOC3c3ccccc3)CC2)cn1. The summed E-state index contributed by atoms with van der Waals surface area (Å²) in [6.45, 7) is 4.70. The van der Waals surface area contributed by atoms with E-state index in [0.717, 1.165) is 30.6 Å². The minimum Gasteiger partial charge on any atom is -0.373 e. The fourth-order valence-corrected chi connectivity index (χ4v) is 4.45. The number of carbonyl (C=O) groups is 2. The lowest BCUT2D eigenvalue weighted by atomic mass is 9.87. The van der Waals surface area contributed by atoms with E-state index in [1.165, 1.54) is 0 Å². The van der Waals surface area contributed by atoms with Crippen LogP contribution in [-0.2, 0) is 20.9 Å². The predicted octanol–water partition coefficient (Wildman–Crippen LogP) is 3.25. The van der Waals surface area contributed by atoms with Gasteiger partial charge in [-0.3, -0.25) is 14.3 Å². The molecule has 0 aliphatic carbocycles. The van der Waals surface area contributed by atoms with Gasteiger partial charge in [0, 0.05) is 38.4 Å². The highest BCUT2D eigenvalue weighted by atomic mass is 16.5. The van der Waals surface area contributed by atoms with Gasteiger partial charge in [-0.15, -0.1) is 0 Å². The van der Waals surface area contributed by atoms with E-state index in [0.29, 0.717) is 32.5 Å². The van der Waals surface area contributed by atoms with E-state index in [4.69, 9.17) is 4.74 Å². The summed E-state index contributed by atoms with van der Waals surface area (Å²) in [5.41, 5.74) is 1.79. The van der Waals surface area contributed by atoms with E-state index >= 15 is 0 Å². The number of rotatable bonds is 5. The summed E-state index contributed by atoms with van der Waals surface area (Å²) in [5.74, 6) is -0.0505. The Balaban J connectivity index is 1.33. The fourth-order valence-electron chi connectivity index (χ4n) is 4.45. The molecule has 2 aliphatic rings. The lowest BCUT2D eigenvalue weighted by Crippen LogP contribution is -2.46. The average Bonchev–Trinajstić information content (AvgIpc) is 3.27. The molecule has 2 unspecified atom stereocenters. The summed E-state index contributed by atoms with van der Waals surface area (Å²) < 4.78 is 7.79. The van der Waals surface area contributed by atoms with Crippen molar-refractivity contribution in [2.24, 2.45) is 11.8 Å². The van der Waals surface area contributed by atoms with Gasteiger partial charge in [0.2, 0.25) is 11.8 Å². The number of likely N-dealkylation sites (tertiary alicyclic amines) is 1. The first kappa shape index (κ1) is 20.6. The Morgan fingerprint density at radius 3 is 2.63 bits per heavy atom. The van der Waals surface area contributed by atoms with Crippen LogP contribution in [0, 0.1) is 11.8 Å². The third-order valence-corrected chi connectivity index (χ3v) is 6.17. The van der Waals surface area contributed by atoms with Crippen LogP contribution in [0.5, 0.6) is 0 Å². The maximum Gasteiger partial charge on any atom is 0.228 e. The van der Waals surface area contributed by atoms with Crippen molar-refractivity contribution in [2.45, 2.75) is 45.3 Å². The molecule has 2 atom stereocenters. The highest BCUT2D eigenvalue weighted by Gasteiger charge is 2.37. The molecule has 1 aromatic carbocycles. The highest BCUT2D eigenvalue weighted by molar-refractivity contribution is 5.92. The molecule has 2 fully saturated rings. The van der Waals surface area contributed by atoms with E-state index in [1.807, 2.05) is 48.4 Å². The number of aryl methyl sites for hydroxylation is 1. The Morgan fingerprint density at radius 2 is 1.93 bits per heavy atom. The molecule has 1 N–H and O–H groups in total. The number of piperidine rings is 1. The Kier molecular flexibility index (Phi) is 6.47. The van der Waals surface area contributed by atoms with Gasteiger partial charge >= 0.3 is 0 Å². The van der Waals surface area contributed by atoms with E-state index in [1.54, 1.807) is 10.9 Å². The minimum atomic E-state index is -0.177. The molecule has 3 heterocycles. The summed E-state index contributed by atoms with van der Waals surface area (Å²) in [6.07, 6.45) is 6.45. The number of nitrogens with zero attached hydrogens (tertiary/aromatic N) is 3. The van der Waals surface area contributed by atoms with Crippen molar-refractivity contribution in [3.05, 3.63) is 48.3 Å². The first-order valence-electron chi connectivity index (χ1n) is 10.9. The Bertz CT molecular complexity index is 858. The second kappa shape index (κ2) is 9.43. The molecule has 160 valence electrons. The molecular weight excluding hydrogens is 380 g/mol. The van der Waals surface area contributed by atoms with Crippen molar-refractivity contribution in [1.29, 1.82) is 0 Å². The Morgan fingerprint density at radius 1 is 1.17 bits per heavy atom. The van der Waals surface area contributed by atoms with Gasteiger partial charge in [0.05, 0.1) is 23.9 Å². The zero-order valence-electron chi connectivity index (χ0n) is 17.5. The van der Waals surface area contributed by atoms with Gasteiger partial charge in [-0.2, -0.15) is 5.10 Å². The van der Waals surface area contributed by atoms with Crippen LogP contribution in [0.3, 0.4) is 0 Å². The number of benzene rings is 1. The Hall–Kier alpha value is -2.67.